The fraction of sp³-hybridized carbons (Fsp3) is 0.222. The number of aromatic nitrogens is 5. The number of hydrogen-bond acceptors (Lipinski definition) is 7. The molecule has 0 fully saturated rings. The number of hydrogen-bond donors (Lipinski definition) is 3. The summed E-state index contributed by atoms with van der Waals surface area (Å²) < 4.78 is 6.86. The Balaban J connectivity index is 1.47. The molecule has 0 radical (unpaired) electrons. The summed E-state index contributed by atoms with van der Waals surface area (Å²) in [7, 11) is 0. The van der Waals surface area contributed by atoms with Crippen LogP contribution in [-0.4, -0.2) is 43.3 Å². The molecule has 11 nitrogen and oxygen atoms in total. The van der Waals surface area contributed by atoms with E-state index in [1.54, 1.807) is 37.5 Å². The number of amides is 3. The largest absolute Gasteiger partial charge is 0.482 e. The van der Waals surface area contributed by atoms with Crippen LogP contribution in [0.4, 0.5) is 16.2 Å². The summed E-state index contributed by atoms with van der Waals surface area (Å²) in [4.78, 5) is 36.4. The number of urea groups is 1. The van der Waals surface area contributed by atoms with Crippen LogP contribution in [0.25, 0.3) is 5.95 Å². The number of rotatable bonds is 4. The van der Waals surface area contributed by atoms with Crippen LogP contribution in [0.5, 0.6) is 5.75 Å². The van der Waals surface area contributed by atoms with Gasteiger partial charge in [0, 0.05) is 24.1 Å². The molecule has 0 saturated heterocycles. The summed E-state index contributed by atoms with van der Waals surface area (Å²) in [6.07, 6.45) is 4.57. The van der Waals surface area contributed by atoms with Gasteiger partial charge in [-0.2, -0.15) is 9.78 Å². The summed E-state index contributed by atoms with van der Waals surface area (Å²) in [5.74, 6) is 1.13. The third-order valence-corrected chi connectivity index (χ3v) is 4.26. The van der Waals surface area contributed by atoms with Crippen molar-refractivity contribution in [3.05, 3.63) is 48.3 Å². The minimum atomic E-state index is -0.463. The monoisotopic (exact) mass is 394 g/mol. The maximum Gasteiger partial charge on any atom is 0.319 e. The lowest BCUT2D eigenvalue weighted by atomic mass is 10.1. The fourth-order valence-electron chi connectivity index (χ4n) is 2.89. The average molecular weight is 394 g/mol. The third-order valence-electron chi connectivity index (χ3n) is 4.26. The molecule has 148 valence electrons. The number of carbonyl (C=O) groups excluding carboxylic acids is 2. The molecule has 3 heterocycles. The summed E-state index contributed by atoms with van der Waals surface area (Å²) in [6.45, 7) is 3.54. The number of aryl methyl sites for hydroxylation is 1. The molecule has 4 rings (SSSR count). The van der Waals surface area contributed by atoms with Crippen LogP contribution in [-0.2, 0) is 4.79 Å². The highest BCUT2D eigenvalue weighted by molar-refractivity contribution is 5.97. The standard InChI is InChI=1S/C18H18N8O3/c1-10-6-13-14(29-8-15(27)24-13)7-12(10)25-18(28)23-11(2)16-21-9-22-26(16)17-19-4-3-5-20-17/h3-7,9,11H,8H2,1-2H3,(H,24,27)(H2,23,25,28)/t11-/m0/s1. The van der Waals surface area contributed by atoms with Crippen molar-refractivity contribution in [2.75, 3.05) is 17.2 Å². The van der Waals surface area contributed by atoms with E-state index < -0.39 is 12.1 Å². The van der Waals surface area contributed by atoms with Gasteiger partial charge in [0.2, 0.25) is 0 Å². The number of nitrogens with one attached hydrogen (secondary N) is 3. The molecule has 1 atom stereocenters. The minimum absolute atomic E-state index is 0.0596. The quantitative estimate of drug-likeness (QED) is 0.611. The molecule has 0 aliphatic carbocycles. The molecule has 29 heavy (non-hydrogen) atoms. The highest BCUT2D eigenvalue weighted by Gasteiger charge is 2.20. The van der Waals surface area contributed by atoms with Crippen molar-refractivity contribution < 1.29 is 14.3 Å². The van der Waals surface area contributed by atoms with E-state index in [0.717, 1.165) is 5.56 Å². The van der Waals surface area contributed by atoms with Crippen molar-refractivity contribution in [1.29, 1.82) is 0 Å². The van der Waals surface area contributed by atoms with E-state index >= 15 is 0 Å². The molecule has 1 aliphatic rings. The highest BCUT2D eigenvalue weighted by Crippen LogP contribution is 2.33. The predicted molar refractivity (Wildman–Crippen MR) is 103 cm³/mol. The zero-order valence-electron chi connectivity index (χ0n) is 15.7. The van der Waals surface area contributed by atoms with Crippen LogP contribution in [0.2, 0.25) is 0 Å². The SMILES string of the molecule is Cc1cc2c(cc1NC(=O)N[C@@H](C)c1ncnn1-c1ncccn1)OCC(=O)N2. The third kappa shape index (κ3) is 3.83. The molecule has 3 N–H and O–H groups in total. The number of fused-ring (bicyclic) bond motifs is 1. The lowest BCUT2D eigenvalue weighted by Gasteiger charge is -2.21. The highest BCUT2D eigenvalue weighted by atomic mass is 16.5. The molecule has 2 aromatic heterocycles. The van der Waals surface area contributed by atoms with E-state index in [0.29, 0.717) is 28.9 Å². The molecular formula is C18H18N8O3. The van der Waals surface area contributed by atoms with Crippen molar-refractivity contribution >= 4 is 23.3 Å². The Bertz CT molecular complexity index is 1070. The maximum absolute atomic E-state index is 12.5. The van der Waals surface area contributed by atoms with Gasteiger partial charge in [0.15, 0.2) is 12.4 Å². The van der Waals surface area contributed by atoms with Crippen molar-refractivity contribution in [1.82, 2.24) is 30.0 Å². The van der Waals surface area contributed by atoms with Crippen LogP contribution < -0.4 is 20.7 Å². The van der Waals surface area contributed by atoms with Gasteiger partial charge in [0.05, 0.1) is 11.7 Å². The Kier molecular flexibility index (Phi) is 4.77. The Morgan fingerprint density at radius 1 is 1.28 bits per heavy atom. The van der Waals surface area contributed by atoms with Gasteiger partial charge in [-0.1, -0.05) is 0 Å². The van der Waals surface area contributed by atoms with Gasteiger partial charge < -0.3 is 20.7 Å². The van der Waals surface area contributed by atoms with Crippen LogP contribution in [0, 0.1) is 6.92 Å². The summed E-state index contributed by atoms with van der Waals surface area (Å²) in [5.41, 5.74) is 1.92. The first-order valence-corrected chi connectivity index (χ1v) is 8.83. The van der Waals surface area contributed by atoms with Gasteiger partial charge in [-0.05, 0) is 31.5 Å². The Hall–Kier alpha value is -4.02. The van der Waals surface area contributed by atoms with Gasteiger partial charge >= 0.3 is 6.03 Å². The Morgan fingerprint density at radius 2 is 2.07 bits per heavy atom. The smallest absolute Gasteiger partial charge is 0.319 e. The van der Waals surface area contributed by atoms with Gasteiger partial charge in [0.1, 0.15) is 12.1 Å². The predicted octanol–water partition coefficient (Wildman–Crippen LogP) is 1.58. The van der Waals surface area contributed by atoms with Gasteiger partial charge in [-0.15, -0.1) is 0 Å². The number of ether oxygens (including phenoxy) is 1. The lowest BCUT2D eigenvalue weighted by molar-refractivity contribution is -0.118. The number of benzene rings is 1. The topological polar surface area (TPSA) is 136 Å². The van der Waals surface area contributed by atoms with Crippen LogP contribution in [0.15, 0.2) is 36.9 Å². The summed E-state index contributed by atoms with van der Waals surface area (Å²) >= 11 is 0. The molecule has 1 aromatic carbocycles. The second-order valence-electron chi connectivity index (χ2n) is 6.40. The van der Waals surface area contributed by atoms with E-state index in [4.69, 9.17) is 4.74 Å². The zero-order chi connectivity index (χ0) is 20.4. The normalized spacial score (nSPS) is 13.7. The van der Waals surface area contributed by atoms with Crippen molar-refractivity contribution in [2.24, 2.45) is 0 Å². The molecule has 1 aliphatic heterocycles. The molecule has 3 aromatic rings. The first-order valence-electron chi connectivity index (χ1n) is 8.83. The molecule has 0 saturated carbocycles. The second-order valence-corrected chi connectivity index (χ2v) is 6.40. The van der Waals surface area contributed by atoms with E-state index in [9.17, 15) is 9.59 Å². The Morgan fingerprint density at radius 3 is 2.86 bits per heavy atom. The molecule has 3 amide bonds. The summed E-state index contributed by atoms with van der Waals surface area (Å²) in [6, 6.07) is 4.23. The van der Waals surface area contributed by atoms with E-state index in [2.05, 4.69) is 36.0 Å². The number of nitrogens with zero attached hydrogens (tertiary/aromatic N) is 5. The molecule has 0 spiro atoms. The second kappa shape index (κ2) is 7.54. The fourth-order valence-corrected chi connectivity index (χ4v) is 2.89. The molecule has 11 heteroatoms. The lowest BCUT2D eigenvalue weighted by Crippen LogP contribution is -2.33. The van der Waals surface area contributed by atoms with E-state index in [-0.39, 0.29) is 12.5 Å². The van der Waals surface area contributed by atoms with Gasteiger partial charge in [0.25, 0.3) is 11.9 Å². The number of carbonyl (C=O) groups is 2. The van der Waals surface area contributed by atoms with Crippen LogP contribution in [0.3, 0.4) is 0 Å². The minimum Gasteiger partial charge on any atom is -0.482 e. The van der Waals surface area contributed by atoms with Crippen molar-refractivity contribution in [3.63, 3.8) is 0 Å². The zero-order valence-corrected chi connectivity index (χ0v) is 15.7. The van der Waals surface area contributed by atoms with Crippen LogP contribution in [0.1, 0.15) is 24.4 Å². The molecule has 0 bridgehead atoms. The van der Waals surface area contributed by atoms with E-state index in [1.807, 2.05) is 6.92 Å². The first kappa shape index (κ1) is 18.3. The first-order chi connectivity index (χ1) is 14.0. The van der Waals surface area contributed by atoms with Crippen molar-refractivity contribution in [3.8, 4) is 11.7 Å². The van der Waals surface area contributed by atoms with Gasteiger partial charge in [-0.3, -0.25) is 4.79 Å². The molecule has 0 unspecified atom stereocenters. The van der Waals surface area contributed by atoms with Gasteiger partial charge in [-0.25, -0.2) is 19.7 Å². The van der Waals surface area contributed by atoms with Crippen LogP contribution >= 0.6 is 0 Å². The molecular weight excluding hydrogens is 376 g/mol. The van der Waals surface area contributed by atoms with E-state index in [1.165, 1.54) is 11.0 Å². The Labute approximate surface area is 165 Å². The number of anilines is 2. The summed E-state index contributed by atoms with van der Waals surface area (Å²) in [5, 5.41) is 12.5. The van der Waals surface area contributed by atoms with Crippen molar-refractivity contribution in [2.45, 2.75) is 19.9 Å². The maximum atomic E-state index is 12.5. The average Bonchev–Trinajstić information content (AvgIpc) is 3.19.